The number of nitrogens with zero attached hydrogens (tertiary/aromatic N) is 3. The molecule has 23 heavy (non-hydrogen) atoms. The number of aromatic nitrogens is 3. The zero-order valence-corrected chi connectivity index (χ0v) is 13.2. The Labute approximate surface area is 138 Å². The molecular weight excluding hydrogens is 314 g/mol. The lowest BCUT2D eigenvalue weighted by atomic mass is 10.2. The van der Waals surface area contributed by atoms with E-state index in [9.17, 15) is 4.79 Å². The van der Waals surface area contributed by atoms with Crippen molar-refractivity contribution >= 4 is 17.9 Å². The molecule has 0 amide bonds. The maximum Gasteiger partial charge on any atom is 0.218 e. The highest BCUT2D eigenvalue weighted by Gasteiger charge is 2.08. The largest absolute Gasteiger partial charge is 0.473 e. The number of aryl methyl sites for hydroxylation is 1. The molecule has 0 aliphatic carbocycles. The number of carbonyl (C=O) groups is 1. The smallest absolute Gasteiger partial charge is 0.218 e. The van der Waals surface area contributed by atoms with Crippen molar-refractivity contribution in [1.82, 2.24) is 14.8 Å². The predicted octanol–water partition coefficient (Wildman–Crippen LogP) is 3.62. The van der Waals surface area contributed by atoms with Crippen molar-refractivity contribution in [3.63, 3.8) is 0 Å². The molecule has 0 saturated heterocycles. The second-order valence-electron chi connectivity index (χ2n) is 5.02. The Morgan fingerprint density at radius 3 is 2.87 bits per heavy atom. The van der Waals surface area contributed by atoms with Crippen LogP contribution in [0.4, 0.5) is 0 Å². The normalized spacial score (nSPS) is 10.5. The zero-order valence-electron chi connectivity index (χ0n) is 12.4. The highest BCUT2D eigenvalue weighted by atomic mass is 35.5. The van der Waals surface area contributed by atoms with Gasteiger partial charge in [0.05, 0.1) is 6.20 Å². The number of aldehydes is 1. The molecule has 0 saturated carbocycles. The van der Waals surface area contributed by atoms with Gasteiger partial charge >= 0.3 is 0 Å². The van der Waals surface area contributed by atoms with Gasteiger partial charge in [-0.25, -0.2) is 4.98 Å². The van der Waals surface area contributed by atoms with Crippen LogP contribution in [-0.2, 0) is 6.61 Å². The van der Waals surface area contributed by atoms with Crippen molar-refractivity contribution in [3.8, 4) is 11.7 Å². The number of halogens is 1. The highest BCUT2D eigenvalue weighted by Crippen LogP contribution is 2.20. The van der Waals surface area contributed by atoms with Crippen LogP contribution in [0.25, 0.3) is 5.82 Å². The van der Waals surface area contributed by atoms with Crippen LogP contribution in [0.5, 0.6) is 5.88 Å². The molecule has 0 atom stereocenters. The number of hydrogen-bond acceptors (Lipinski definition) is 4. The fraction of sp³-hybridized carbons (Fsp3) is 0.118. The molecule has 2 heterocycles. The van der Waals surface area contributed by atoms with E-state index in [1.165, 1.54) is 0 Å². The SMILES string of the molecule is Cc1ccc(COc2ccnn2-c2cc(C=O)ccn2)cc1Cl. The molecule has 3 rings (SSSR count). The summed E-state index contributed by atoms with van der Waals surface area (Å²) < 4.78 is 7.34. The molecule has 5 nitrogen and oxygen atoms in total. The summed E-state index contributed by atoms with van der Waals surface area (Å²) in [7, 11) is 0. The van der Waals surface area contributed by atoms with Gasteiger partial charge in [-0.2, -0.15) is 9.78 Å². The number of rotatable bonds is 5. The standard InChI is InChI=1S/C17H14ClN3O2/c1-12-2-3-14(8-15(12)18)11-23-17-5-7-20-21(17)16-9-13(10-22)4-6-19-16/h2-10H,11H2,1H3. The van der Waals surface area contributed by atoms with E-state index in [2.05, 4.69) is 10.1 Å². The van der Waals surface area contributed by atoms with Crippen LogP contribution < -0.4 is 4.74 Å². The minimum atomic E-state index is 0.360. The van der Waals surface area contributed by atoms with Gasteiger partial charge in [-0.15, -0.1) is 0 Å². The first-order valence-corrected chi connectivity index (χ1v) is 7.38. The molecule has 0 radical (unpaired) electrons. The molecule has 1 aromatic carbocycles. The van der Waals surface area contributed by atoms with E-state index in [1.54, 1.807) is 35.3 Å². The van der Waals surface area contributed by atoms with Gasteiger partial charge in [0.15, 0.2) is 5.82 Å². The average Bonchev–Trinajstić information content (AvgIpc) is 3.04. The predicted molar refractivity (Wildman–Crippen MR) is 87.3 cm³/mol. The molecule has 116 valence electrons. The number of pyridine rings is 1. The van der Waals surface area contributed by atoms with Crippen molar-refractivity contribution in [3.05, 3.63) is 70.5 Å². The molecule has 0 bridgehead atoms. The first-order valence-electron chi connectivity index (χ1n) is 7.01. The number of hydrogen-bond donors (Lipinski definition) is 0. The van der Waals surface area contributed by atoms with E-state index in [0.29, 0.717) is 28.9 Å². The Kier molecular flexibility index (Phi) is 4.39. The van der Waals surface area contributed by atoms with Gasteiger partial charge in [-0.05, 0) is 36.2 Å². The summed E-state index contributed by atoms with van der Waals surface area (Å²) in [5.74, 6) is 1.06. The third kappa shape index (κ3) is 3.40. The molecule has 0 aliphatic rings. The van der Waals surface area contributed by atoms with Crippen LogP contribution in [0, 0.1) is 6.92 Å². The Balaban J connectivity index is 1.80. The molecule has 0 spiro atoms. The number of carbonyl (C=O) groups excluding carboxylic acids is 1. The third-order valence-electron chi connectivity index (χ3n) is 3.35. The van der Waals surface area contributed by atoms with E-state index in [0.717, 1.165) is 17.4 Å². The van der Waals surface area contributed by atoms with Gasteiger partial charge in [0.25, 0.3) is 0 Å². The van der Waals surface area contributed by atoms with Gasteiger partial charge in [0.2, 0.25) is 5.88 Å². The zero-order chi connectivity index (χ0) is 16.2. The summed E-state index contributed by atoms with van der Waals surface area (Å²) >= 11 is 6.12. The summed E-state index contributed by atoms with van der Waals surface area (Å²) in [6.07, 6.45) is 3.94. The van der Waals surface area contributed by atoms with Gasteiger partial charge in [-0.3, -0.25) is 4.79 Å². The van der Waals surface area contributed by atoms with E-state index in [1.807, 2.05) is 25.1 Å². The molecule has 0 aliphatic heterocycles. The lowest BCUT2D eigenvalue weighted by molar-refractivity contribution is 0.112. The molecule has 2 aromatic heterocycles. The van der Waals surface area contributed by atoms with Gasteiger partial charge < -0.3 is 4.74 Å². The minimum absolute atomic E-state index is 0.360. The Morgan fingerprint density at radius 2 is 2.09 bits per heavy atom. The fourth-order valence-electron chi connectivity index (χ4n) is 2.08. The minimum Gasteiger partial charge on any atom is -0.473 e. The first-order chi connectivity index (χ1) is 11.2. The second kappa shape index (κ2) is 6.62. The van der Waals surface area contributed by atoms with Gasteiger partial charge in [0.1, 0.15) is 12.9 Å². The van der Waals surface area contributed by atoms with Crippen LogP contribution in [0.1, 0.15) is 21.5 Å². The molecule has 3 aromatic rings. The Bertz CT molecular complexity index is 845. The molecular formula is C17H14ClN3O2. The summed E-state index contributed by atoms with van der Waals surface area (Å²) in [6, 6.07) is 10.8. The van der Waals surface area contributed by atoms with Crippen molar-refractivity contribution in [2.75, 3.05) is 0 Å². The summed E-state index contributed by atoms with van der Waals surface area (Å²) in [6.45, 7) is 2.31. The Morgan fingerprint density at radius 1 is 1.22 bits per heavy atom. The van der Waals surface area contributed by atoms with Crippen LogP contribution in [-0.4, -0.2) is 21.1 Å². The van der Waals surface area contributed by atoms with Crippen molar-refractivity contribution in [2.45, 2.75) is 13.5 Å². The second-order valence-corrected chi connectivity index (χ2v) is 5.43. The fourth-order valence-corrected chi connectivity index (χ4v) is 2.28. The molecule has 0 N–H and O–H groups in total. The average molecular weight is 328 g/mol. The van der Waals surface area contributed by atoms with Crippen molar-refractivity contribution in [2.24, 2.45) is 0 Å². The lowest BCUT2D eigenvalue weighted by Gasteiger charge is -2.09. The molecule has 0 unspecified atom stereocenters. The third-order valence-corrected chi connectivity index (χ3v) is 3.76. The van der Waals surface area contributed by atoms with Crippen molar-refractivity contribution < 1.29 is 9.53 Å². The van der Waals surface area contributed by atoms with Crippen LogP contribution in [0.3, 0.4) is 0 Å². The number of ether oxygens (including phenoxy) is 1. The van der Waals surface area contributed by atoms with Crippen LogP contribution in [0.2, 0.25) is 5.02 Å². The van der Waals surface area contributed by atoms with Crippen LogP contribution >= 0.6 is 11.6 Å². The van der Waals surface area contributed by atoms with E-state index < -0.39 is 0 Å². The first kappa shape index (κ1) is 15.2. The van der Waals surface area contributed by atoms with Gasteiger partial charge in [-0.1, -0.05) is 23.7 Å². The monoisotopic (exact) mass is 327 g/mol. The maximum atomic E-state index is 10.9. The van der Waals surface area contributed by atoms with Gasteiger partial charge in [0, 0.05) is 22.8 Å². The summed E-state index contributed by atoms with van der Waals surface area (Å²) in [5, 5.41) is 4.90. The van der Waals surface area contributed by atoms with E-state index in [4.69, 9.17) is 16.3 Å². The molecule has 6 heteroatoms. The number of benzene rings is 1. The quantitative estimate of drug-likeness (QED) is 0.672. The van der Waals surface area contributed by atoms with Crippen LogP contribution in [0.15, 0.2) is 48.8 Å². The van der Waals surface area contributed by atoms with E-state index in [-0.39, 0.29) is 0 Å². The van der Waals surface area contributed by atoms with E-state index >= 15 is 0 Å². The topological polar surface area (TPSA) is 57.0 Å². The lowest BCUT2D eigenvalue weighted by Crippen LogP contribution is -2.05. The highest BCUT2D eigenvalue weighted by molar-refractivity contribution is 6.31. The summed E-state index contributed by atoms with van der Waals surface area (Å²) in [4.78, 5) is 15.1. The summed E-state index contributed by atoms with van der Waals surface area (Å²) in [5.41, 5.74) is 2.51. The maximum absolute atomic E-state index is 10.9. The molecule has 0 fully saturated rings. The van der Waals surface area contributed by atoms with Crippen molar-refractivity contribution in [1.29, 1.82) is 0 Å². The Hall–Kier alpha value is -2.66.